The Kier molecular flexibility index (Phi) is 5.11. The highest BCUT2D eigenvalue weighted by Crippen LogP contribution is 2.39. The Balaban J connectivity index is 1.90. The van der Waals surface area contributed by atoms with Crippen molar-refractivity contribution in [3.63, 3.8) is 0 Å². The minimum Gasteiger partial charge on any atom is -0.495 e. The van der Waals surface area contributed by atoms with E-state index in [1.165, 1.54) is 16.7 Å². The quantitative estimate of drug-likeness (QED) is 0.596. The molecule has 1 amide bonds. The molecule has 0 atom stereocenters. The highest BCUT2D eigenvalue weighted by Gasteiger charge is 2.34. The standard InChI is InChI=1S/C19H18N2O2S2/c1-20(2)14-10-8-13(9-11-14)12-17-18(22)21(19(24)25-17)15-6-4-5-7-16(15)23-3/h4-12H,1-3H3/b17-12-. The molecule has 0 radical (unpaired) electrons. The summed E-state index contributed by atoms with van der Waals surface area (Å²) in [5.74, 6) is 0.492. The first-order valence-electron chi connectivity index (χ1n) is 7.69. The highest BCUT2D eigenvalue weighted by molar-refractivity contribution is 8.27. The van der Waals surface area contributed by atoms with Crippen molar-refractivity contribution in [2.75, 3.05) is 31.0 Å². The summed E-state index contributed by atoms with van der Waals surface area (Å²) in [5.41, 5.74) is 2.74. The van der Waals surface area contributed by atoms with E-state index < -0.39 is 0 Å². The number of amides is 1. The van der Waals surface area contributed by atoms with Crippen molar-refractivity contribution in [3.05, 3.63) is 59.0 Å². The Morgan fingerprint density at radius 2 is 1.80 bits per heavy atom. The summed E-state index contributed by atoms with van der Waals surface area (Å²) < 4.78 is 5.86. The van der Waals surface area contributed by atoms with Crippen molar-refractivity contribution in [2.45, 2.75) is 0 Å². The van der Waals surface area contributed by atoms with Crippen LogP contribution in [-0.4, -0.2) is 31.4 Å². The van der Waals surface area contributed by atoms with Crippen LogP contribution in [-0.2, 0) is 4.79 Å². The Labute approximate surface area is 157 Å². The molecule has 0 spiro atoms. The Bertz CT molecular complexity index is 845. The van der Waals surface area contributed by atoms with Gasteiger partial charge in [-0.15, -0.1) is 0 Å². The number of carbonyl (C=O) groups is 1. The molecule has 0 N–H and O–H groups in total. The van der Waals surface area contributed by atoms with Crippen LogP contribution in [0.3, 0.4) is 0 Å². The lowest BCUT2D eigenvalue weighted by Gasteiger charge is -2.17. The first-order chi connectivity index (χ1) is 12.0. The van der Waals surface area contributed by atoms with Gasteiger partial charge in [-0.25, -0.2) is 0 Å². The summed E-state index contributed by atoms with van der Waals surface area (Å²) in [7, 11) is 5.57. The molecule has 0 bridgehead atoms. The maximum absolute atomic E-state index is 12.8. The van der Waals surface area contributed by atoms with E-state index in [0.29, 0.717) is 20.7 Å². The zero-order chi connectivity index (χ0) is 18.0. The number of rotatable bonds is 4. The van der Waals surface area contributed by atoms with Gasteiger partial charge in [-0.2, -0.15) is 0 Å². The largest absolute Gasteiger partial charge is 0.495 e. The molecule has 0 aromatic heterocycles. The number of methoxy groups -OCH3 is 1. The molecule has 25 heavy (non-hydrogen) atoms. The lowest BCUT2D eigenvalue weighted by Crippen LogP contribution is -2.27. The zero-order valence-electron chi connectivity index (χ0n) is 14.2. The zero-order valence-corrected chi connectivity index (χ0v) is 15.9. The van der Waals surface area contributed by atoms with Gasteiger partial charge in [0.2, 0.25) is 0 Å². The summed E-state index contributed by atoms with van der Waals surface area (Å²) in [6.07, 6.45) is 1.87. The van der Waals surface area contributed by atoms with Gasteiger partial charge in [-0.05, 0) is 35.9 Å². The fourth-order valence-corrected chi connectivity index (χ4v) is 3.79. The second-order valence-electron chi connectivity index (χ2n) is 5.67. The van der Waals surface area contributed by atoms with E-state index in [4.69, 9.17) is 17.0 Å². The molecule has 2 aromatic carbocycles. The van der Waals surface area contributed by atoms with Gasteiger partial charge >= 0.3 is 0 Å². The highest BCUT2D eigenvalue weighted by atomic mass is 32.2. The SMILES string of the molecule is COc1ccccc1N1C(=O)/C(=C/c2ccc(N(C)C)cc2)SC1=S. The first kappa shape index (κ1) is 17.5. The predicted octanol–water partition coefficient (Wildman–Crippen LogP) is 4.17. The minimum atomic E-state index is -0.129. The molecule has 1 saturated heterocycles. The van der Waals surface area contributed by atoms with Crippen LogP contribution in [0.5, 0.6) is 5.75 Å². The van der Waals surface area contributed by atoms with E-state index in [0.717, 1.165) is 11.3 Å². The number of hydrogen-bond acceptors (Lipinski definition) is 5. The number of carbonyl (C=O) groups excluding carboxylic acids is 1. The number of benzene rings is 2. The number of anilines is 2. The Morgan fingerprint density at radius 3 is 2.44 bits per heavy atom. The third-order valence-electron chi connectivity index (χ3n) is 3.83. The number of thioether (sulfide) groups is 1. The molecular weight excluding hydrogens is 352 g/mol. The monoisotopic (exact) mass is 370 g/mol. The van der Waals surface area contributed by atoms with E-state index >= 15 is 0 Å². The van der Waals surface area contributed by atoms with Crippen LogP contribution < -0.4 is 14.5 Å². The molecule has 4 nitrogen and oxygen atoms in total. The van der Waals surface area contributed by atoms with Crippen LogP contribution in [0, 0.1) is 0 Å². The van der Waals surface area contributed by atoms with Crippen LogP contribution in [0.4, 0.5) is 11.4 Å². The minimum absolute atomic E-state index is 0.129. The van der Waals surface area contributed by atoms with Crippen molar-refractivity contribution in [1.82, 2.24) is 0 Å². The molecule has 1 fully saturated rings. The fraction of sp³-hybridized carbons (Fsp3) is 0.158. The average Bonchev–Trinajstić information content (AvgIpc) is 2.89. The second kappa shape index (κ2) is 7.29. The van der Waals surface area contributed by atoms with Crippen LogP contribution in [0.2, 0.25) is 0 Å². The van der Waals surface area contributed by atoms with Crippen LogP contribution >= 0.6 is 24.0 Å². The molecule has 1 heterocycles. The van der Waals surface area contributed by atoms with Crippen molar-refractivity contribution >= 4 is 51.7 Å². The maximum Gasteiger partial charge on any atom is 0.270 e. The van der Waals surface area contributed by atoms with Crippen molar-refractivity contribution < 1.29 is 9.53 Å². The molecule has 0 saturated carbocycles. The lowest BCUT2D eigenvalue weighted by atomic mass is 10.2. The van der Waals surface area contributed by atoms with Gasteiger partial charge in [0.15, 0.2) is 4.32 Å². The number of hydrogen-bond donors (Lipinski definition) is 0. The van der Waals surface area contributed by atoms with Gasteiger partial charge in [0.05, 0.1) is 17.7 Å². The molecular formula is C19H18N2O2S2. The second-order valence-corrected chi connectivity index (χ2v) is 7.35. The molecule has 1 aliphatic heterocycles. The van der Waals surface area contributed by atoms with Gasteiger partial charge in [-0.1, -0.05) is 48.2 Å². The molecule has 1 aliphatic rings. The summed E-state index contributed by atoms with van der Waals surface area (Å²) in [4.78, 5) is 17.0. The van der Waals surface area contributed by atoms with Gasteiger partial charge < -0.3 is 9.64 Å². The van der Waals surface area contributed by atoms with Crippen LogP contribution in [0.15, 0.2) is 53.4 Å². The van der Waals surface area contributed by atoms with Crippen molar-refractivity contribution in [1.29, 1.82) is 0 Å². The van der Waals surface area contributed by atoms with E-state index in [1.807, 2.05) is 73.6 Å². The normalized spacial score (nSPS) is 15.8. The topological polar surface area (TPSA) is 32.8 Å². The van der Waals surface area contributed by atoms with Crippen LogP contribution in [0.25, 0.3) is 6.08 Å². The smallest absolute Gasteiger partial charge is 0.270 e. The van der Waals surface area contributed by atoms with Crippen molar-refractivity contribution in [3.8, 4) is 5.75 Å². The van der Waals surface area contributed by atoms with Gasteiger partial charge in [0.1, 0.15) is 5.75 Å². The Morgan fingerprint density at radius 1 is 1.12 bits per heavy atom. The average molecular weight is 370 g/mol. The van der Waals surface area contributed by atoms with Gasteiger partial charge in [0, 0.05) is 19.8 Å². The Hall–Kier alpha value is -2.31. The number of thiocarbonyl (C=S) groups is 1. The van der Waals surface area contributed by atoms with E-state index in [-0.39, 0.29) is 5.91 Å². The fourth-order valence-electron chi connectivity index (χ4n) is 2.51. The first-order valence-corrected chi connectivity index (χ1v) is 8.92. The third kappa shape index (κ3) is 3.55. The summed E-state index contributed by atoms with van der Waals surface area (Å²) in [6, 6.07) is 15.4. The number of nitrogens with zero attached hydrogens (tertiary/aromatic N) is 2. The third-order valence-corrected chi connectivity index (χ3v) is 5.13. The number of para-hydroxylation sites is 2. The molecule has 6 heteroatoms. The molecule has 0 unspecified atom stereocenters. The van der Waals surface area contributed by atoms with E-state index in [2.05, 4.69) is 0 Å². The maximum atomic E-state index is 12.8. The van der Waals surface area contributed by atoms with E-state index in [1.54, 1.807) is 7.11 Å². The summed E-state index contributed by atoms with van der Waals surface area (Å²) in [6.45, 7) is 0. The molecule has 0 aliphatic carbocycles. The van der Waals surface area contributed by atoms with Crippen LogP contribution in [0.1, 0.15) is 5.56 Å². The molecule has 2 aromatic rings. The van der Waals surface area contributed by atoms with Gasteiger partial charge in [-0.3, -0.25) is 9.69 Å². The molecule has 3 rings (SSSR count). The summed E-state index contributed by atoms with van der Waals surface area (Å²) >= 11 is 6.72. The molecule has 128 valence electrons. The number of ether oxygens (including phenoxy) is 1. The predicted molar refractivity (Wildman–Crippen MR) is 109 cm³/mol. The van der Waals surface area contributed by atoms with Gasteiger partial charge in [0.25, 0.3) is 5.91 Å². The van der Waals surface area contributed by atoms with Crippen molar-refractivity contribution in [2.24, 2.45) is 0 Å². The van der Waals surface area contributed by atoms with E-state index in [9.17, 15) is 4.79 Å². The lowest BCUT2D eigenvalue weighted by molar-refractivity contribution is -0.113. The summed E-state index contributed by atoms with van der Waals surface area (Å²) in [5, 5.41) is 0.